The maximum Gasteiger partial charge on any atom is 0.410 e. The molecular formula is C32H53N5O4. The summed E-state index contributed by atoms with van der Waals surface area (Å²) in [4.78, 5) is 40.7. The van der Waals surface area contributed by atoms with E-state index in [1.165, 1.54) is 5.56 Å². The number of piperazine rings is 1. The van der Waals surface area contributed by atoms with Crippen molar-refractivity contribution in [2.45, 2.75) is 117 Å². The van der Waals surface area contributed by atoms with Gasteiger partial charge in [0, 0.05) is 62.0 Å². The molecule has 230 valence electrons. The number of unbranched alkanes of at least 4 members (excludes halogenated alkanes) is 1. The molecular weight excluding hydrogens is 518 g/mol. The minimum atomic E-state index is -0.563. The number of ether oxygens (including phenoxy) is 2. The molecule has 0 bridgehead atoms. The molecule has 4 heterocycles. The highest BCUT2D eigenvalue weighted by Crippen LogP contribution is 2.40. The van der Waals surface area contributed by atoms with Gasteiger partial charge in [-0.1, -0.05) is 27.2 Å². The van der Waals surface area contributed by atoms with E-state index in [4.69, 9.17) is 14.5 Å². The highest BCUT2D eigenvalue weighted by atomic mass is 16.6. The lowest BCUT2D eigenvalue weighted by molar-refractivity contribution is -0.122. The van der Waals surface area contributed by atoms with Crippen LogP contribution in [-0.4, -0.2) is 107 Å². The summed E-state index contributed by atoms with van der Waals surface area (Å²) in [6.45, 7) is 22.9. The van der Waals surface area contributed by atoms with Gasteiger partial charge in [0.15, 0.2) is 0 Å². The van der Waals surface area contributed by atoms with Gasteiger partial charge >= 0.3 is 6.09 Å². The molecule has 3 aliphatic rings. The van der Waals surface area contributed by atoms with Gasteiger partial charge in [-0.15, -0.1) is 0 Å². The van der Waals surface area contributed by atoms with Gasteiger partial charge in [-0.3, -0.25) is 19.6 Å². The molecule has 1 aromatic heterocycles. The van der Waals surface area contributed by atoms with Crippen LogP contribution in [0.2, 0.25) is 0 Å². The van der Waals surface area contributed by atoms with Crippen LogP contribution in [0, 0.1) is 0 Å². The first-order valence-corrected chi connectivity index (χ1v) is 15.6. The van der Waals surface area contributed by atoms with Gasteiger partial charge in [0.1, 0.15) is 5.60 Å². The number of morpholine rings is 1. The van der Waals surface area contributed by atoms with E-state index < -0.39 is 5.60 Å². The number of anilines is 1. The summed E-state index contributed by atoms with van der Waals surface area (Å²) in [5, 5.41) is 0. The first kappa shape index (κ1) is 31.7. The van der Waals surface area contributed by atoms with Crippen molar-refractivity contribution in [3.8, 4) is 0 Å². The van der Waals surface area contributed by atoms with Gasteiger partial charge in [-0.2, -0.15) is 0 Å². The van der Waals surface area contributed by atoms with Crippen molar-refractivity contribution in [2.24, 2.45) is 0 Å². The van der Waals surface area contributed by atoms with Crippen molar-refractivity contribution in [1.82, 2.24) is 19.7 Å². The number of fused-ring (bicyclic) bond motifs is 1. The Morgan fingerprint density at radius 3 is 2.41 bits per heavy atom. The average Bonchev–Trinajstić information content (AvgIpc) is 3.15. The van der Waals surface area contributed by atoms with E-state index >= 15 is 0 Å². The van der Waals surface area contributed by atoms with E-state index in [-0.39, 0.29) is 41.6 Å². The summed E-state index contributed by atoms with van der Waals surface area (Å²) in [5.74, 6) is 0.0947. The third-order valence-electron chi connectivity index (χ3n) is 8.72. The van der Waals surface area contributed by atoms with Gasteiger partial charge in [-0.05, 0) is 66.0 Å². The minimum absolute atomic E-state index is 0.00485. The van der Waals surface area contributed by atoms with Crippen LogP contribution in [0.3, 0.4) is 0 Å². The number of nitrogens with zero attached hydrogens (tertiary/aromatic N) is 5. The summed E-state index contributed by atoms with van der Waals surface area (Å²) in [7, 11) is 0. The Kier molecular flexibility index (Phi) is 9.71. The number of rotatable bonds is 7. The Morgan fingerprint density at radius 1 is 1.10 bits per heavy atom. The maximum absolute atomic E-state index is 14.1. The molecule has 0 saturated carbocycles. The lowest BCUT2D eigenvalue weighted by Gasteiger charge is -2.48. The van der Waals surface area contributed by atoms with Crippen molar-refractivity contribution in [3.05, 3.63) is 23.5 Å². The zero-order chi connectivity index (χ0) is 30.1. The number of aryl methyl sites for hydroxylation is 1. The largest absolute Gasteiger partial charge is 0.444 e. The van der Waals surface area contributed by atoms with Gasteiger partial charge in [-0.25, -0.2) is 4.79 Å². The topological polar surface area (TPSA) is 78.5 Å². The Bertz CT molecular complexity index is 1080. The van der Waals surface area contributed by atoms with Crippen LogP contribution in [-0.2, 0) is 26.1 Å². The van der Waals surface area contributed by atoms with Crippen molar-refractivity contribution in [2.75, 3.05) is 50.8 Å². The Morgan fingerprint density at radius 2 is 1.78 bits per heavy atom. The zero-order valence-corrected chi connectivity index (χ0v) is 26.9. The van der Waals surface area contributed by atoms with Gasteiger partial charge in [0.25, 0.3) is 0 Å². The van der Waals surface area contributed by atoms with E-state index in [1.807, 2.05) is 36.8 Å². The van der Waals surface area contributed by atoms with Crippen LogP contribution >= 0.6 is 0 Å². The molecule has 2 fully saturated rings. The normalized spacial score (nSPS) is 27.1. The summed E-state index contributed by atoms with van der Waals surface area (Å²) in [6, 6.07) is 2.64. The summed E-state index contributed by atoms with van der Waals surface area (Å²) >= 11 is 0. The van der Waals surface area contributed by atoms with Crippen LogP contribution in [0.1, 0.15) is 86.4 Å². The first-order valence-electron chi connectivity index (χ1n) is 15.6. The van der Waals surface area contributed by atoms with Crippen LogP contribution in [0.25, 0.3) is 0 Å². The van der Waals surface area contributed by atoms with Gasteiger partial charge < -0.3 is 19.3 Å². The molecule has 0 aromatic carbocycles. The van der Waals surface area contributed by atoms with Crippen LogP contribution in [0.4, 0.5) is 10.5 Å². The molecule has 9 heteroatoms. The van der Waals surface area contributed by atoms with Crippen LogP contribution in [0.5, 0.6) is 0 Å². The van der Waals surface area contributed by atoms with E-state index in [1.54, 1.807) is 0 Å². The summed E-state index contributed by atoms with van der Waals surface area (Å²) < 4.78 is 11.6. The second kappa shape index (κ2) is 12.6. The predicted octanol–water partition coefficient (Wildman–Crippen LogP) is 4.47. The van der Waals surface area contributed by atoms with Crippen molar-refractivity contribution in [3.63, 3.8) is 0 Å². The monoisotopic (exact) mass is 571 g/mol. The minimum Gasteiger partial charge on any atom is -0.444 e. The Balaban J connectivity index is 1.57. The SMILES string of the molecule is CCCCc1cnc2c(c1)N(C(=O)CN1C[C@@H](C)N(C(=O)OC(C)(C)C)C[C@@H]1CN1[C@H](C)COC[C@H]1C)CC2(C)C. The van der Waals surface area contributed by atoms with E-state index in [0.717, 1.165) is 37.2 Å². The molecule has 0 unspecified atom stereocenters. The molecule has 3 aliphatic heterocycles. The van der Waals surface area contributed by atoms with Crippen molar-refractivity contribution >= 4 is 17.7 Å². The van der Waals surface area contributed by atoms with Crippen LogP contribution < -0.4 is 4.90 Å². The second-order valence-corrected chi connectivity index (χ2v) is 14.2. The van der Waals surface area contributed by atoms with Gasteiger partial charge in [0.05, 0.1) is 31.1 Å². The van der Waals surface area contributed by atoms with E-state index in [9.17, 15) is 9.59 Å². The van der Waals surface area contributed by atoms with E-state index in [2.05, 4.69) is 57.4 Å². The number of carbonyl (C=O) groups excluding carboxylic acids is 2. The fraction of sp³-hybridized carbons (Fsp3) is 0.781. The molecule has 1 aromatic rings. The average molecular weight is 572 g/mol. The molecule has 2 amide bonds. The highest BCUT2D eigenvalue weighted by molar-refractivity contribution is 5.97. The summed E-state index contributed by atoms with van der Waals surface area (Å²) in [6.07, 6.45) is 4.91. The third-order valence-corrected chi connectivity index (χ3v) is 8.72. The number of pyridine rings is 1. The quantitative estimate of drug-likeness (QED) is 0.478. The lowest BCUT2D eigenvalue weighted by atomic mass is 9.91. The number of hydrogen-bond acceptors (Lipinski definition) is 7. The molecule has 41 heavy (non-hydrogen) atoms. The smallest absolute Gasteiger partial charge is 0.410 e. The molecule has 2 saturated heterocycles. The van der Waals surface area contributed by atoms with Crippen molar-refractivity contribution < 1.29 is 19.1 Å². The van der Waals surface area contributed by atoms with E-state index in [0.29, 0.717) is 39.4 Å². The molecule has 0 N–H and O–H groups in total. The first-order chi connectivity index (χ1) is 19.2. The lowest BCUT2D eigenvalue weighted by Crippen LogP contribution is -2.65. The molecule has 0 spiro atoms. The number of aromatic nitrogens is 1. The standard InChI is InChI=1S/C32H53N5O4/c1-10-11-12-25-13-27-29(33-14-25)32(8,9)21-37(27)28(38)18-34-15-22(2)36(30(39)41-31(5,6)7)17-26(34)16-35-23(3)19-40-20-24(35)4/h13-14,22-24,26H,10-12,15-21H2,1-9H3/t22-,23-,24-,26+/m1/s1. The van der Waals surface area contributed by atoms with Crippen LogP contribution in [0.15, 0.2) is 12.3 Å². The highest BCUT2D eigenvalue weighted by Gasteiger charge is 2.43. The predicted molar refractivity (Wildman–Crippen MR) is 162 cm³/mol. The molecule has 0 radical (unpaired) electrons. The molecule has 0 aliphatic carbocycles. The maximum atomic E-state index is 14.1. The Labute approximate surface area is 247 Å². The van der Waals surface area contributed by atoms with Crippen molar-refractivity contribution in [1.29, 1.82) is 0 Å². The summed E-state index contributed by atoms with van der Waals surface area (Å²) in [5.41, 5.74) is 2.39. The number of carbonyl (C=O) groups is 2. The fourth-order valence-corrected chi connectivity index (χ4v) is 6.47. The molecule has 4 rings (SSSR count). The fourth-order valence-electron chi connectivity index (χ4n) is 6.47. The zero-order valence-electron chi connectivity index (χ0n) is 26.9. The molecule has 4 atom stereocenters. The Hall–Kier alpha value is -2.23. The number of hydrogen-bond donors (Lipinski definition) is 0. The number of amides is 2. The third kappa shape index (κ3) is 7.41. The van der Waals surface area contributed by atoms with Gasteiger partial charge in [0.2, 0.25) is 5.91 Å². The molecule has 9 nitrogen and oxygen atoms in total. The second-order valence-electron chi connectivity index (χ2n) is 14.2.